The molecule has 3 aromatic heterocycles. The second-order valence-electron chi connectivity index (χ2n) is 12.4. The monoisotopic (exact) mass is 758 g/mol. The van der Waals surface area contributed by atoms with Crippen LogP contribution in [0, 0.1) is 30.2 Å². The predicted octanol–water partition coefficient (Wildman–Crippen LogP) is 9.15. The molecule has 0 aliphatic carbocycles. The number of carbonyl (C=O) groups is 1. The van der Waals surface area contributed by atoms with E-state index >= 15 is 0 Å². The van der Waals surface area contributed by atoms with Crippen LogP contribution in [0.25, 0.3) is 38.2 Å². The number of pyridine rings is 1. The molecule has 2 aromatic carbocycles. The zero-order valence-corrected chi connectivity index (χ0v) is 29.2. The molecule has 5 rings (SSSR count). The number of nitrogens with zero attached hydrogens (tertiary/aromatic N) is 4. The van der Waals surface area contributed by atoms with Crippen molar-refractivity contribution in [3.8, 4) is 0 Å². The van der Waals surface area contributed by atoms with Gasteiger partial charge in [0.2, 0.25) is 0 Å². The Morgan fingerprint density at radius 3 is 2.33 bits per heavy atom. The summed E-state index contributed by atoms with van der Waals surface area (Å²) in [6, 6.07) is 14.2. The van der Waals surface area contributed by atoms with Crippen LogP contribution in [0.5, 0.6) is 0 Å². The molecule has 0 spiro atoms. The van der Waals surface area contributed by atoms with Crippen molar-refractivity contribution in [2.45, 2.75) is 87.5 Å². The molecule has 1 radical (unpaired) electrons. The number of imidazole rings is 1. The first-order chi connectivity index (χ1) is 20.0. The van der Waals surface area contributed by atoms with Gasteiger partial charge in [-0.1, -0.05) is 83.5 Å². The fourth-order valence-corrected chi connectivity index (χ4v) is 5.68. The molecule has 7 heteroatoms. The summed E-state index contributed by atoms with van der Waals surface area (Å²) in [6.07, 6.45) is 9.30. The van der Waals surface area contributed by atoms with Gasteiger partial charge in [0.05, 0.1) is 11.5 Å². The molecule has 1 N–H and O–H groups in total. The van der Waals surface area contributed by atoms with Gasteiger partial charge in [-0.15, -0.1) is 17.5 Å². The van der Waals surface area contributed by atoms with Gasteiger partial charge in [0.1, 0.15) is 12.0 Å². The summed E-state index contributed by atoms with van der Waals surface area (Å²) in [6.45, 7) is 17.0. The Hall–Kier alpha value is -3.15. The average Bonchev–Trinajstić information content (AvgIpc) is 3.28. The molecule has 0 bridgehead atoms. The normalized spacial score (nSPS) is 12.3. The summed E-state index contributed by atoms with van der Waals surface area (Å²) in [5, 5.41) is 14.0. The SMILES string of the molecule is CCC(CC)C(=O)/C=C(\O)C(CC)CC.Cc1c(CC(C)(C)C)nc2c3cncnc3c3[c-]c4ccccc4cc3n12.[Ir]. The van der Waals surface area contributed by atoms with Gasteiger partial charge in [-0.3, -0.25) is 9.78 Å². The number of rotatable bonds is 8. The van der Waals surface area contributed by atoms with Crippen LogP contribution in [0.4, 0.5) is 0 Å². The molecule has 0 aliphatic rings. The molecule has 0 unspecified atom stereocenters. The first-order valence-electron chi connectivity index (χ1n) is 15.3. The van der Waals surface area contributed by atoms with E-state index in [-0.39, 0.29) is 48.9 Å². The largest absolute Gasteiger partial charge is 0.512 e. The molecule has 5 aromatic rings. The van der Waals surface area contributed by atoms with Crippen LogP contribution in [0.15, 0.2) is 54.7 Å². The number of aryl methyl sites for hydroxylation is 1. The quantitative estimate of drug-likeness (QED) is 0.0562. The van der Waals surface area contributed by atoms with Crippen LogP contribution in [-0.2, 0) is 31.3 Å². The van der Waals surface area contributed by atoms with Gasteiger partial charge in [0.15, 0.2) is 5.78 Å². The molecule has 3 heterocycles. The molecular weight excluding hydrogens is 713 g/mol. The summed E-state index contributed by atoms with van der Waals surface area (Å²) in [5.74, 6) is 0.547. The van der Waals surface area contributed by atoms with Crippen LogP contribution < -0.4 is 0 Å². The Balaban J connectivity index is 0.000000274. The van der Waals surface area contributed by atoms with E-state index < -0.39 is 0 Å². The van der Waals surface area contributed by atoms with E-state index in [1.165, 1.54) is 17.2 Å². The minimum absolute atomic E-state index is 0. The maximum atomic E-state index is 11.7. The van der Waals surface area contributed by atoms with E-state index in [0.29, 0.717) is 0 Å². The molecule has 0 saturated heterocycles. The van der Waals surface area contributed by atoms with E-state index in [1.807, 2.05) is 40.0 Å². The van der Waals surface area contributed by atoms with Crippen LogP contribution in [0.3, 0.4) is 0 Å². The minimum atomic E-state index is 0. The average molecular weight is 758 g/mol. The van der Waals surface area contributed by atoms with Crippen molar-refractivity contribution in [2.24, 2.45) is 17.3 Å². The number of ketones is 1. The first kappa shape index (κ1) is 34.3. The number of hydrogen-bond acceptors (Lipinski definition) is 5. The van der Waals surface area contributed by atoms with Crippen molar-refractivity contribution >= 4 is 44.0 Å². The third-order valence-electron chi connectivity index (χ3n) is 8.19. The maximum absolute atomic E-state index is 11.7. The molecule has 43 heavy (non-hydrogen) atoms. The third kappa shape index (κ3) is 7.50. The number of aliphatic hydroxyl groups is 1. The standard InChI is InChI=1S/C23H21N4.C13H24O2.Ir/c1-14-19(11-23(2,3)4)26-22-18-12-24-13-25-21(18)17-9-15-7-5-6-8-16(15)10-20(17)27(14)22;1-5-10(6-2)12(14)9-13(15)11(7-3)8-4;/h5-8,10,12-13H,11H2,1-4H3;9-11,14H,5-8H2,1-4H3;/q-1;;/b;12-9-;. The smallest absolute Gasteiger partial charge is 0.162 e. The molecule has 231 valence electrons. The van der Waals surface area contributed by atoms with Crippen LogP contribution in [-0.4, -0.2) is 30.2 Å². The zero-order valence-electron chi connectivity index (χ0n) is 26.8. The second-order valence-corrected chi connectivity index (χ2v) is 12.4. The maximum Gasteiger partial charge on any atom is 0.162 e. The van der Waals surface area contributed by atoms with Crippen molar-refractivity contribution in [2.75, 3.05) is 0 Å². The molecule has 0 amide bonds. The number of carbonyl (C=O) groups excluding carboxylic acids is 1. The van der Waals surface area contributed by atoms with Crippen molar-refractivity contribution in [1.29, 1.82) is 0 Å². The van der Waals surface area contributed by atoms with Gasteiger partial charge in [0.25, 0.3) is 0 Å². The number of benzene rings is 2. The van der Waals surface area contributed by atoms with Crippen LogP contribution in [0.2, 0.25) is 0 Å². The fourth-order valence-electron chi connectivity index (χ4n) is 5.68. The Labute approximate surface area is 269 Å². The minimum Gasteiger partial charge on any atom is -0.512 e. The van der Waals surface area contributed by atoms with Crippen molar-refractivity contribution in [3.05, 3.63) is 72.1 Å². The Morgan fingerprint density at radius 1 is 1.05 bits per heavy atom. The van der Waals surface area contributed by atoms with E-state index in [4.69, 9.17) is 4.98 Å². The van der Waals surface area contributed by atoms with Gasteiger partial charge >= 0.3 is 0 Å². The van der Waals surface area contributed by atoms with Gasteiger partial charge in [-0.05, 0) is 50.0 Å². The molecule has 6 nitrogen and oxygen atoms in total. The summed E-state index contributed by atoms with van der Waals surface area (Å²) in [5.41, 5.74) is 5.42. The van der Waals surface area contributed by atoms with Gasteiger partial charge in [-0.2, -0.15) is 0 Å². The van der Waals surface area contributed by atoms with E-state index in [0.717, 1.165) is 70.6 Å². The van der Waals surface area contributed by atoms with Crippen molar-refractivity contribution < 1.29 is 30.0 Å². The number of aliphatic hydroxyl groups excluding tert-OH is 1. The molecule has 0 saturated carbocycles. The predicted molar refractivity (Wildman–Crippen MR) is 174 cm³/mol. The fraction of sp³-hybridized carbons (Fsp3) is 0.444. The number of fused-ring (bicyclic) bond motifs is 7. The summed E-state index contributed by atoms with van der Waals surface area (Å²) < 4.78 is 2.26. The number of aromatic nitrogens is 4. The molecule has 0 aliphatic heterocycles. The summed E-state index contributed by atoms with van der Waals surface area (Å²) in [4.78, 5) is 25.6. The summed E-state index contributed by atoms with van der Waals surface area (Å²) in [7, 11) is 0. The van der Waals surface area contributed by atoms with Gasteiger partial charge in [0, 0.05) is 60.8 Å². The Kier molecular flexibility index (Phi) is 11.6. The zero-order chi connectivity index (χ0) is 30.6. The van der Waals surface area contributed by atoms with Crippen LogP contribution >= 0.6 is 0 Å². The van der Waals surface area contributed by atoms with Gasteiger partial charge in [-0.25, -0.2) is 9.97 Å². The van der Waals surface area contributed by atoms with E-state index in [1.54, 1.807) is 6.33 Å². The first-order valence-corrected chi connectivity index (χ1v) is 15.3. The molecular formula is C36H45IrN4O2-. The Bertz CT molecular complexity index is 1740. The number of allylic oxidation sites excluding steroid dienone is 2. The van der Waals surface area contributed by atoms with E-state index in [2.05, 4.69) is 72.4 Å². The van der Waals surface area contributed by atoms with Crippen molar-refractivity contribution in [1.82, 2.24) is 19.4 Å². The Morgan fingerprint density at radius 2 is 1.70 bits per heavy atom. The van der Waals surface area contributed by atoms with Crippen LogP contribution in [0.1, 0.15) is 85.5 Å². The topological polar surface area (TPSA) is 80.4 Å². The van der Waals surface area contributed by atoms with E-state index in [9.17, 15) is 9.90 Å². The molecule has 0 fully saturated rings. The second kappa shape index (κ2) is 14.5. The van der Waals surface area contributed by atoms with Crippen molar-refractivity contribution in [3.63, 3.8) is 0 Å². The van der Waals surface area contributed by atoms with Gasteiger partial charge < -0.3 is 9.51 Å². The molecule has 0 atom stereocenters. The third-order valence-corrected chi connectivity index (χ3v) is 8.19. The number of hydrogen-bond donors (Lipinski definition) is 1. The summed E-state index contributed by atoms with van der Waals surface area (Å²) >= 11 is 0.